The fourth-order valence-electron chi connectivity index (χ4n) is 2.65. The number of benzene rings is 2. The lowest BCUT2D eigenvalue weighted by atomic mass is 10.2. The van der Waals surface area contributed by atoms with E-state index in [1.165, 1.54) is 17.4 Å². The Morgan fingerprint density at radius 2 is 1.81 bits per heavy atom. The first kappa shape index (κ1) is 18.5. The van der Waals surface area contributed by atoms with Gasteiger partial charge in [-0.1, -0.05) is 35.9 Å². The molecular weight excluding hydrogens is 366 g/mol. The maximum Gasteiger partial charge on any atom is 0.264 e. The van der Waals surface area contributed by atoms with Crippen molar-refractivity contribution in [2.24, 2.45) is 4.99 Å². The highest BCUT2D eigenvalue weighted by Gasteiger charge is 2.24. The summed E-state index contributed by atoms with van der Waals surface area (Å²) in [4.78, 5) is 19.5. The van der Waals surface area contributed by atoms with Gasteiger partial charge in [0.2, 0.25) is 0 Å². The van der Waals surface area contributed by atoms with Gasteiger partial charge in [-0.3, -0.25) is 4.79 Å². The smallest absolute Gasteiger partial charge is 0.264 e. The van der Waals surface area contributed by atoms with Gasteiger partial charge in [0.1, 0.15) is 0 Å². The molecule has 1 saturated heterocycles. The second-order valence-electron chi connectivity index (χ2n) is 5.70. The van der Waals surface area contributed by atoms with Gasteiger partial charge in [-0.25, -0.2) is 4.99 Å². The summed E-state index contributed by atoms with van der Waals surface area (Å²) in [5.41, 5.74) is 2.81. The van der Waals surface area contributed by atoms with Crippen molar-refractivity contribution in [2.45, 2.75) is 13.8 Å². The van der Waals surface area contributed by atoms with Crippen molar-refractivity contribution in [3.8, 4) is 0 Å². The fourth-order valence-corrected chi connectivity index (χ4v) is 3.67. The number of nitrogens with one attached hydrogen (secondary N) is 1. The summed E-state index contributed by atoms with van der Waals surface area (Å²) in [6, 6.07) is 15.5. The molecule has 1 N–H and O–H groups in total. The summed E-state index contributed by atoms with van der Waals surface area (Å²) in [6.45, 7) is 6.21. The molecule has 2 aromatic carbocycles. The number of hydrogen-bond acceptors (Lipinski definition) is 4. The van der Waals surface area contributed by atoms with Crippen LogP contribution in [0.25, 0.3) is 6.08 Å². The van der Waals surface area contributed by atoms with Crippen LogP contribution < -0.4 is 10.2 Å². The van der Waals surface area contributed by atoms with Gasteiger partial charge in [-0.2, -0.15) is 0 Å². The lowest BCUT2D eigenvalue weighted by Crippen LogP contribution is -2.21. The molecule has 134 valence electrons. The van der Waals surface area contributed by atoms with Gasteiger partial charge in [0.05, 0.1) is 15.6 Å². The minimum atomic E-state index is -0.145. The Labute approximate surface area is 163 Å². The van der Waals surface area contributed by atoms with Crippen LogP contribution in [0.4, 0.5) is 11.4 Å². The first-order valence-electron chi connectivity index (χ1n) is 8.49. The fraction of sp³-hybridized carbons (Fsp3) is 0.200. The molecule has 0 bridgehead atoms. The van der Waals surface area contributed by atoms with Crippen LogP contribution in [-0.4, -0.2) is 24.2 Å². The van der Waals surface area contributed by atoms with E-state index >= 15 is 0 Å². The molecule has 6 heteroatoms. The van der Waals surface area contributed by atoms with Gasteiger partial charge in [0, 0.05) is 18.8 Å². The Kier molecular flexibility index (Phi) is 6.01. The predicted octanol–water partition coefficient (Wildman–Crippen LogP) is 5.08. The van der Waals surface area contributed by atoms with Gasteiger partial charge in [-0.15, -0.1) is 0 Å². The molecule has 26 heavy (non-hydrogen) atoms. The highest BCUT2D eigenvalue weighted by molar-refractivity contribution is 8.18. The van der Waals surface area contributed by atoms with Crippen LogP contribution in [0.5, 0.6) is 0 Å². The van der Waals surface area contributed by atoms with Gasteiger partial charge >= 0.3 is 0 Å². The van der Waals surface area contributed by atoms with E-state index in [1.807, 2.05) is 36.4 Å². The third-order valence-corrected chi connectivity index (χ3v) is 5.27. The van der Waals surface area contributed by atoms with Crippen LogP contribution in [0.2, 0.25) is 5.02 Å². The molecule has 1 aliphatic heterocycles. The van der Waals surface area contributed by atoms with E-state index in [-0.39, 0.29) is 5.91 Å². The summed E-state index contributed by atoms with van der Waals surface area (Å²) in [6.07, 6.45) is 1.88. The maximum atomic E-state index is 12.2. The van der Waals surface area contributed by atoms with E-state index in [2.05, 4.69) is 41.2 Å². The lowest BCUT2D eigenvalue weighted by molar-refractivity contribution is -0.115. The van der Waals surface area contributed by atoms with Crippen molar-refractivity contribution in [1.29, 1.82) is 0 Å². The number of rotatable bonds is 5. The van der Waals surface area contributed by atoms with Crippen LogP contribution >= 0.6 is 23.4 Å². The van der Waals surface area contributed by atoms with Gasteiger partial charge in [0.15, 0.2) is 5.17 Å². The van der Waals surface area contributed by atoms with Gasteiger partial charge < -0.3 is 10.2 Å². The van der Waals surface area contributed by atoms with Crippen molar-refractivity contribution in [3.63, 3.8) is 0 Å². The van der Waals surface area contributed by atoms with E-state index in [0.717, 1.165) is 18.7 Å². The first-order valence-corrected chi connectivity index (χ1v) is 9.69. The molecule has 1 aliphatic rings. The van der Waals surface area contributed by atoms with Crippen molar-refractivity contribution in [1.82, 2.24) is 5.32 Å². The quantitative estimate of drug-likeness (QED) is 0.730. The Morgan fingerprint density at radius 1 is 1.12 bits per heavy atom. The zero-order valence-corrected chi connectivity index (χ0v) is 16.3. The topological polar surface area (TPSA) is 44.7 Å². The number of aliphatic imine (C=N–C) groups is 1. The number of nitrogens with zero attached hydrogens (tertiary/aromatic N) is 2. The van der Waals surface area contributed by atoms with Crippen molar-refractivity contribution < 1.29 is 4.79 Å². The molecule has 0 aromatic heterocycles. The zero-order chi connectivity index (χ0) is 18.5. The van der Waals surface area contributed by atoms with Crippen LogP contribution in [0.1, 0.15) is 19.4 Å². The standard InChI is InChI=1S/C20H20ClN3OS/c1-3-24(4-2)15-11-9-14(10-12-15)13-18-19(25)23-20(26-18)22-17-8-6-5-7-16(17)21/h5-13H,3-4H2,1-2H3,(H,22,23,25)/b18-13-. The summed E-state index contributed by atoms with van der Waals surface area (Å²) < 4.78 is 0. The van der Waals surface area contributed by atoms with Crippen LogP contribution in [-0.2, 0) is 4.79 Å². The molecule has 1 amide bonds. The molecule has 4 nitrogen and oxygen atoms in total. The van der Waals surface area contributed by atoms with Crippen molar-refractivity contribution in [2.75, 3.05) is 18.0 Å². The minimum Gasteiger partial charge on any atom is -0.372 e. The van der Waals surface area contributed by atoms with Crippen molar-refractivity contribution >= 4 is 51.9 Å². The number of carbonyl (C=O) groups is 1. The number of para-hydroxylation sites is 1. The summed E-state index contributed by atoms with van der Waals surface area (Å²) in [5.74, 6) is -0.145. The highest BCUT2D eigenvalue weighted by atomic mass is 35.5. The number of halogens is 1. The molecule has 1 fully saturated rings. The molecule has 2 aromatic rings. The Hall–Kier alpha value is -2.24. The first-order chi connectivity index (χ1) is 12.6. The summed E-state index contributed by atoms with van der Waals surface area (Å²) in [5, 5.41) is 3.88. The average molecular weight is 386 g/mol. The highest BCUT2D eigenvalue weighted by Crippen LogP contribution is 2.31. The molecule has 0 radical (unpaired) electrons. The number of anilines is 1. The molecule has 0 spiro atoms. The van der Waals surface area contributed by atoms with E-state index in [4.69, 9.17) is 11.6 Å². The monoisotopic (exact) mass is 385 g/mol. The van der Waals surface area contributed by atoms with E-state index in [9.17, 15) is 4.79 Å². The van der Waals surface area contributed by atoms with Crippen LogP contribution in [0.15, 0.2) is 58.4 Å². The molecule has 0 saturated carbocycles. The average Bonchev–Trinajstić information content (AvgIpc) is 2.98. The number of carbonyl (C=O) groups excluding carboxylic acids is 1. The van der Waals surface area contributed by atoms with Gasteiger partial charge in [-0.05, 0) is 61.5 Å². The van der Waals surface area contributed by atoms with Crippen LogP contribution in [0.3, 0.4) is 0 Å². The molecule has 0 aliphatic carbocycles. The van der Waals surface area contributed by atoms with Crippen molar-refractivity contribution in [3.05, 3.63) is 64.0 Å². The Bertz CT molecular complexity index is 858. The number of thioether (sulfide) groups is 1. The van der Waals surface area contributed by atoms with E-state index in [0.29, 0.717) is 20.8 Å². The minimum absolute atomic E-state index is 0.145. The Balaban J connectivity index is 1.77. The second-order valence-corrected chi connectivity index (χ2v) is 7.13. The number of amides is 1. The largest absolute Gasteiger partial charge is 0.372 e. The van der Waals surface area contributed by atoms with E-state index in [1.54, 1.807) is 6.07 Å². The summed E-state index contributed by atoms with van der Waals surface area (Å²) >= 11 is 7.44. The number of hydrogen-bond donors (Lipinski definition) is 1. The SMILES string of the molecule is CCN(CC)c1ccc(/C=C2\SC(=Nc3ccccc3Cl)NC2=O)cc1. The molecule has 1 heterocycles. The summed E-state index contributed by atoms with van der Waals surface area (Å²) in [7, 11) is 0. The molecule has 3 rings (SSSR count). The van der Waals surface area contributed by atoms with Gasteiger partial charge in [0.25, 0.3) is 5.91 Å². The third-order valence-electron chi connectivity index (χ3n) is 4.04. The zero-order valence-electron chi connectivity index (χ0n) is 14.7. The molecular formula is C20H20ClN3OS. The third kappa shape index (κ3) is 4.29. The Morgan fingerprint density at radius 3 is 2.46 bits per heavy atom. The predicted molar refractivity (Wildman–Crippen MR) is 112 cm³/mol. The molecule has 0 atom stereocenters. The van der Waals surface area contributed by atoms with Crippen LogP contribution in [0, 0.1) is 0 Å². The lowest BCUT2D eigenvalue weighted by Gasteiger charge is -2.20. The second kappa shape index (κ2) is 8.43. The van der Waals surface area contributed by atoms with E-state index < -0.39 is 0 Å². The maximum absolute atomic E-state index is 12.2. The number of amidine groups is 1. The normalized spacial score (nSPS) is 17.0. The molecule has 0 unspecified atom stereocenters.